The molecule has 12 heteroatoms. The number of anilines is 1. The van der Waals surface area contributed by atoms with Gasteiger partial charge in [-0.15, -0.1) is 0 Å². The fourth-order valence-corrected chi connectivity index (χ4v) is 4.28. The summed E-state index contributed by atoms with van der Waals surface area (Å²) < 4.78 is 43.4. The second kappa shape index (κ2) is 11.9. The molecule has 4 aromatic rings. The van der Waals surface area contributed by atoms with Gasteiger partial charge in [0.25, 0.3) is 5.89 Å². The minimum Gasteiger partial charge on any atom is -0.433 e. The number of rotatable bonds is 11. The second-order valence-corrected chi connectivity index (χ2v) is 9.47. The third-order valence-corrected chi connectivity index (χ3v) is 6.25. The molecular formula is C27H31F2N7O3. The first-order valence-corrected chi connectivity index (χ1v) is 12.9. The number of benzene rings is 1. The van der Waals surface area contributed by atoms with Crippen LogP contribution in [0.25, 0.3) is 23.0 Å². The lowest BCUT2D eigenvalue weighted by molar-refractivity contribution is -0.158. The molecule has 39 heavy (non-hydrogen) atoms. The Balaban J connectivity index is 1.18. The van der Waals surface area contributed by atoms with Gasteiger partial charge < -0.3 is 19.3 Å². The molecule has 1 aliphatic heterocycles. The van der Waals surface area contributed by atoms with Gasteiger partial charge in [-0.05, 0) is 67.9 Å². The van der Waals surface area contributed by atoms with Crippen LogP contribution < -0.4 is 10.1 Å². The van der Waals surface area contributed by atoms with E-state index in [1.165, 1.54) is 12.1 Å². The number of hydrogen-bond acceptors (Lipinski definition) is 9. The summed E-state index contributed by atoms with van der Waals surface area (Å²) in [6, 6.07) is 11.9. The Bertz CT molecular complexity index is 1360. The van der Waals surface area contributed by atoms with Crippen LogP contribution in [0.5, 0.6) is 5.75 Å². The maximum Gasteiger partial charge on any atom is 0.394 e. The SMILES string of the molecule is Cc1cc(-c2nc(-c3ccc(OC(C)(F)F)cc3)no2)nn1Cc1ccnc(NCCCN2CCOCC2)c1. The number of halogens is 2. The first-order chi connectivity index (χ1) is 18.8. The van der Waals surface area contributed by atoms with E-state index in [0.717, 1.165) is 62.9 Å². The molecule has 1 saturated heterocycles. The van der Waals surface area contributed by atoms with Crippen LogP contribution in [0, 0.1) is 6.92 Å². The Hall–Kier alpha value is -3.90. The van der Waals surface area contributed by atoms with Crippen molar-refractivity contribution < 1.29 is 22.8 Å². The third-order valence-electron chi connectivity index (χ3n) is 6.25. The molecule has 5 rings (SSSR count). The summed E-state index contributed by atoms with van der Waals surface area (Å²) in [5.41, 5.74) is 3.15. The minimum atomic E-state index is -3.25. The van der Waals surface area contributed by atoms with Gasteiger partial charge in [0.15, 0.2) is 5.69 Å². The van der Waals surface area contributed by atoms with Gasteiger partial charge in [-0.1, -0.05) is 5.16 Å². The molecule has 0 bridgehead atoms. The van der Waals surface area contributed by atoms with E-state index in [1.54, 1.807) is 18.3 Å². The summed E-state index contributed by atoms with van der Waals surface area (Å²) in [7, 11) is 0. The van der Waals surface area contributed by atoms with Crippen LogP contribution in [-0.2, 0) is 11.3 Å². The second-order valence-electron chi connectivity index (χ2n) is 9.47. The fourth-order valence-electron chi connectivity index (χ4n) is 4.28. The molecule has 4 heterocycles. The molecule has 1 aromatic carbocycles. The van der Waals surface area contributed by atoms with Crippen molar-refractivity contribution >= 4 is 5.82 Å². The van der Waals surface area contributed by atoms with E-state index in [4.69, 9.17) is 9.26 Å². The van der Waals surface area contributed by atoms with Crippen LogP contribution in [0.3, 0.4) is 0 Å². The van der Waals surface area contributed by atoms with E-state index >= 15 is 0 Å². The molecule has 0 amide bonds. The van der Waals surface area contributed by atoms with Crippen LogP contribution in [0.1, 0.15) is 24.6 Å². The first-order valence-electron chi connectivity index (χ1n) is 12.9. The molecule has 1 aliphatic rings. The molecule has 0 aliphatic carbocycles. The summed E-state index contributed by atoms with van der Waals surface area (Å²) in [6.45, 7) is 8.71. The average molecular weight is 540 g/mol. The highest BCUT2D eigenvalue weighted by atomic mass is 19.3. The number of nitrogens with one attached hydrogen (secondary N) is 1. The van der Waals surface area contributed by atoms with E-state index in [2.05, 4.69) is 35.2 Å². The molecule has 206 valence electrons. The predicted octanol–water partition coefficient (Wildman–Crippen LogP) is 4.48. The topological polar surface area (TPSA) is 103 Å². The zero-order chi connectivity index (χ0) is 27.2. The summed E-state index contributed by atoms with van der Waals surface area (Å²) in [4.78, 5) is 11.3. The number of hydrogen-bond donors (Lipinski definition) is 1. The molecule has 3 aromatic heterocycles. The number of ether oxygens (including phenoxy) is 2. The average Bonchev–Trinajstić information content (AvgIpc) is 3.54. The van der Waals surface area contributed by atoms with Crippen molar-refractivity contribution in [2.24, 2.45) is 0 Å². The molecule has 0 saturated carbocycles. The van der Waals surface area contributed by atoms with Crippen molar-refractivity contribution in [3.63, 3.8) is 0 Å². The van der Waals surface area contributed by atoms with Crippen LogP contribution in [0.2, 0.25) is 0 Å². The van der Waals surface area contributed by atoms with E-state index in [1.807, 2.05) is 29.8 Å². The van der Waals surface area contributed by atoms with E-state index in [9.17, 15) is 8.78 Å². The maximum absolute atomic E-state index is 13.1. The van der Waals surface area contributed by atoms with Crippen molar-refractivity contribution in [2.75, 3.05) is 44.7 Å². The standard InChI is InChI=1S/C27H31F2N7O3/c1-19-16-23(26-32-25(34-39-26)21-4-6-22(7-5-21)38-27(2,28)29)33-36(19)18-20-8-10-31-24(17-20)30-9-3-11-35-12-14-37-15-13-35/h4-8,10,16-17H,3,9,11-15,18H2,1-2H3,(H,30,31). The Kier molecular flexibility index (Phi) is 8.13. The predicted molar refractivity (Wildman–Crippen MR) is 141 cm³/mol. The Labute approximate surface area is 224 Å². The number of aromatic nitrogens is 5. The van der Waals surface area contributed by atoms with Crippen molar-refractivity contribution in [1.29, 1.82) is 0 Å². The Morgan fingerprint density at radius 1 is 1.10 bits per heavy atom. The molecule has 0 atom stereocenters. The van der Waals surface area contributed by atoms with E-state index in [0.29, 0.717) is 30.6 Å². The van der Waals surface area contributed by atoms with Crippen molar-refractivity contribution in [1.82, 2.24) is 29.8 Å². The van der Waals surface area contributed by atoms with Gasteiger partial charge in [0.1, 0.15) is 11.6 Å². The molecular weight excluding hydrogens is 508 g/mol. The van der Waals surface area contributed by atoms with Crippen molar-refractivity contribution in [2.45, 2.75) is 32.9 Å². The van der Waals surface area contributed by atoms with Gasteiger partial charge >= 0.3 is 6.11 Å². The van der Waals surface area contributed by atoms with E-state index < -0.39 is 6.11 Å². The smallest absolute Gasteiger partial charge is 0.394 e. The van der Waals surface area contributed by atoms with Gasteiger partial charge in [-0.2, -0.15) is 18.9 Å². The molecule has 1 N–H and O–H groups in total. The highest BCUT2D eigenvalue weighted by Crippen LogP contribution is 2.26. The summed E-state index contributed by atoms with van der Waals surface area (Å²) in [5.74, 6) is 1.47. The molecule has 0 spiro atoms. The van der Waals surface area contributed by atoms with Crippen LogP contribution in [-0.4, -0.2) is 75.3 Å². The summed E-state index contributed by atoms with van der Waals surface area (Å²) in [6.07, 6.45) is -0.428. The van der Waals surface area contributed by atoms with Gasteiger partial charge in [-0.3, -0.25) is 9.58 Å². The third kappa shape index (κ3) is 7.36. The van der Waals surface area contributed by atoms with E-state index in [-0.39, 0.29) is 11.6 Å². The number of morpholine rings is 1. The summed E-state index contributed by atoms with van der Waals surface area (Å²) >= 11 is 0. The molecule has 1 fully saturated rings. The highest BCUT2D eigenvalue weighted by Gasteiger charge is 2.23. The monoisotopic (exact) mass is 539 g/mol. The number of alkyl halides is 2. The number of aryl methyl sites for hydroxylation is 1. The lowest BCUT2D eigenvalue weighted by Gasteiger charge is -2.26. The van der Waals surface area contributed by atoms with Crippen LogP contribution >= 0.6 is 0 Å². The lowest BCUT2D eigenvalue weighted by Crippen LogP contribution is -2.37. The van der Waals surface area contributed by atoms with Crippen molar-refractivity contribution in [3.05, 3.63) is 59.9 Å². The molecule has 0 radical (unpaired) electrons. The highest BCUT2D eigenvalue weighted by molar-refractivity contribution is 5.59. The van der Waals surface area contributed by atoms with Gasteiger partial charge in [0.2, 0.25) is 5.82 Å². The zero-order valence-electron chi connectivity index (χ0n) is 21.9. The lowest BCUT2D eigenvalue weighted by atomic mass is 10.2. The molecule has 0 unspecified atom stereocenters. The van der Waals surface area contributed by atoms with Gasteiger partial charge in [0.05, 0.1) is 19.8 Å². The first kappa shape index (κ1) is 26.7. The van der Waals surface area contributed by atoms with Crippen LogP contribution in [0.4, 0.5) is 14.6 Å². The maximum atomic E-state index is 13.1. The Morgan fingerprint density at radius 3 is 2.67 bits per heavy atom. The fraction of sp³-hybridized carbons (Fsp3) is 0.407. The quantitative estimate of drug-likeness (QED) is 0.276. The van der Waals surface area contributed by atoms with Crippen LogP contribution in [0.15, 0.2) is 53.2 Å². The van der Waals surface area contributed by atoms with Gasteiger partial charge in [-0.25, -0.2) is 4.98 Å². The van der Waals surface area contributed by atoms with Crippen molar-refractivity contribution in [3.8, 4) is 28.7 Å². The zero-order valence-corrected chi connectivity index (χ0v) is 21.9. The Morgan fingerprint density at radius 2 is 1.90 bits per heavy atom. The minimum absolute atomic E-state index is 0.0480. The largest absolute Gasteiger partial charge is 0.433 e. The number of pyridine rings is 1. The van der Waals surface area contributed by atoms with Gasteiger partial charge in [0, 0.05) is 44.0 Å². The number of nitrogens with zero attached hydrogens (tertiary/aromatic N) is 6. The normalized spacial score (nSPS) is 14.5. The molecule has 10 nitrogen and oxygen atoms in total. The summed E-state index contributed by atoms with van der Waals surface area (Å²) in [5, 5.41) is 12.1.